The van der Waals surface area contributed by atoms with Gasteiger partial charge in [-0.1, -0.05) is 61.9 Å². The second-order valence-corrected chi connectivity index (χ2v) is 12.5. The highest BCUT2D eigenvalue weighted by molar-refractivity contribution is 6.43. The first-order valence-electron chi connectivity index (χ1n) is 17.4. The molecule has 2 aromatic rings. The predicted molar refractivity (Wildman–Crippen MR) is 196 cm³/mol. The molecule has 0 radical (unpaired) electrons. The summed E-state index contributed by atoms with van der Waals surface area (Å²) in [5, 5.41) is 41.2. The van der Waals surface area contributed by atoms with Gasteiger partial charge in [-0.25, -0.2) is 0 Å². The lowest BCUT2D eigenvalue weighted by molar-refractivity contribution is -0.135. The third-order valence-corrected chi connectivity index (χ3v) is 8.24. The smallest absolute Gasteiger partial charge is 0.425 e. The molecular formula is C34H56BN9O7. The van der Waals surface area contributed by atoms with Crippen molar-refractivity contribution >= 4 is 30.7 Å². The molecule has 0 bridgehead atoms. The van der Waals surface area contributed by atoms with E-state index in [1.54, 1.807) is 0 Å². The Hall–Kier alpha value is -3.94. The van der Waals surface area contributed by atoms with E-state index in [1.165, 1.54) is 12.5 Å². The Labute approximate surface area is 300 Å². The van der Waals surface area contributed by atoms with Gasteiger partial charge in [-0.15, -0.1) is 0 Å². The van der Waals surface area contributed by atoms with Crippen molar-refractivity contribution in [1.29, 1.82) is 0 Å². The quantitative estimate of drug-likeness (QED) is 0.0332. The lowest BCUT2D eigenvalue weighted by Crippen LogP contribution is -2.63. The number of unbranched alkanes of at least 4 members (excludes halogenated alkanes) is 2. The topological polar surface area (TPSA) is 293 Å². The predicted octanol–water partition coefficient (Wildman–Crippen LogP) is -2.20. The minimum Gasteiger partial charge on any atom is -0.425 e. The molecule has 4 amide bonds. The largest absolute Gasteiger partial charge is 0.490 e. The summed E-state index contributed by atoms with van der Waals surface area (Å²) in [4.78, 5) is 51.9. The monoisotopic (exact) mass is 713 g/mol. The van der Waals surface area contributed by atoms with Gasteiger partial charge in [-0.05, 0) is 80.8 Å². The Morgan fingerprint density at radius 1 is 0.706 bits per heavy atom. The molecule has 6 atom stereocenters. The van der Waals surface area contributed by atoms with Gasteiger partial charge in [0.2, 0.25) is 17.7 Å². The van der Waals surface area contributed by atoms with E-state index in [9.17, 15) is 34.3 Å². The number of nitrogens with two attached hydrogens (primary N) is 4. The molecule has 282 valence electrons. The zero-order valence-electron chi connectivity index (χ0n) is 29.5. The van der Waals surface area contributed by atoms with Crippen LogP contribution in [-0.2, 0) is 32.1 Å². The van der Waals surface area contributed by atoms with Gasteiger partial charge >= 0.3 is 7.12 Å². The Morgan fingerprint density at radius 3 is 1.82 bits per heavy atom. The van der Waals surface area contributed by atoms with Gasteiger partial charge in [0.05, 0.1) is 12.1 Å². The van der Waals surface area contributed by atoms with Crippen molar-refractivity contribution in [1.82, 2.24) is 26.6 Å². The summed E-state index contributed by atoms with van der Waals surface area (Å²) in [5.41, 5.74) is 27.1. The highest BCUT2D eigenvalue weighted by Crippen LogP contribution is 2.21. The summed E-state index contributed by atoms with van der Waals surface area (Å²) >= 11 is 0. The number of aliphatic hydroxyl groups excluding tert-OH is 1. The number of benzene rings is 2. The van der Waals surface area contributed by atoms with Crippen LogP contribution in [0.1, 0.15) is 63.5 Å². The highest BCUT2D eigenvalue weighted by Gasteiger charge is 2.32. The van der Waals surface area contributed by atoms with E-state index in [0.29, 0.717) is 25.9 Å². The molecular weight excluding hydrogens is 657 g/mol. The van der Waals surface area contributed by atoms with Gasteiger partial charge in [0.25, 0.3) is 5.91 Å². The molecule has 0 heterocycles. The Morgan fingerprint density at radius 2 is 1.29 bits per heavy atom. The zero-order chi connectivity index (χ0) is 37.9. The van der Waals surface area contributed by atoms with Crippen LogP contribution in [0.2, 0.25) is 0 Å². The zero-order valence-corrected chi connectivity index (χ0v) is 29.5. The maximum atomic E-state index is 13.3. The third-order valence-electron chi connectivity index (χ3n) is 8.24. The van der Waals surface area contributed by atoms with Crippen LogP contribution in [0.15, 0.2) is 48.5 Å². The van der Waals surface area contributed by atoms with Crippen molar-refractivity contribution in [3.05, 3.63) is 59.7 Å². The van der Waals surface area contributed by atoms with E-state index in [-0.39, 0.29) is 19.4 Å². The lowest BCUT2D eigenvalue weighted by Gasteiger charge is -2.26. The lowest BCUT2D eigenvalue weighted by atomic mass is 9.86. The molecule has 16 nitrogen and oxygen atoms in total. The molecule has 0 aliphatic carbocycles. The van der Waals surface area contributed by atoms with Gasteiger partial charge < -0.3 is 64.7 Å². The average Bonchev–Trinajstić information content (AvgIpc) is 3.10. The number of carbonyl (C=O) groups is 4. The van der Waals surface area contributed by atoms with Crippen LogP contribution < -0.4 is 49.5 Å². The van der Waals surface area contributed by atoms with E-state index >= 15 is 0 Å². The van der Waals surface area contributed by atoms with E-state index in [1.807, 2.05) is 24.3 Å². The number of rotatable bonds is 23. The molecule has 0 saturated heterocycles. The molecule has 0 unspecified atom stereocenters. The fraction of sp³-hybridized carbons (Fsp3) is 0.529. The van der Waals surface area contributed by atoms with Gasteiger partial charge in [0, 0.05) is 6.54 Å². The number of carbonyl (C=O) groups excluding carboxylic acids is 4. The van der Waals surface area contributed by atoms with Crippen molar-refractivity contribution in [2.45, 2.75) is 102 Å². The molecule has 51 heavy (non-hydrogen) atoms. The maximum Gasteiger partial charge on any atom is 0.490 e. The van der Waals surface area contributed by atoms with Crippen molar-refractivity contribution in [2.24, 2.45) is 22.9 Å². The first-order valence-corrected chi connectivity index (χ1v) is 17.4. The van der Waals surface area contributed by atoms with E-state index in [2.05, 4.69) is 57.8 Å². The SMILES string of the molecule is CCCCc1ccc(-c2ccc(CN[C@@H](CCN)C(=O)N[C@H](C(=O)N[C@@H](N)C(=O)N[C@@H](CCCCN)C(=O)N[C@@H](N)B(O)O)[C@@H](C)O)cc2)cc1. The van der Waals surface area contributed by atoms with Gasteiger partial charge in [0.1, 0.15) is 18.1 Å². The summed E-state index contributed by atoms with van der Waals surface area (Å²) in [6.07, 6.45) is 1.61. The summed E-state index contributed by atoms with van der Waals surface area (Å²) in [6, 6.07) is 11.4. The molecule has 0 aliphatic heterocycles. The van der Waals surface area contributed by atoms with Crippen LogP contribution >= 0.6 is 0 Å². The normalized spacial score (nSPS) is 14.7. The van der Waals surface area contributed by atoms with Gasteiger partial charge in [-0.2, -0.15) is 0 Å². The number of nitrogens with one attached hydrogen (secondary N) is 5. The number of hydrogen-bond donors (Lipinski definition) is 12. The Bertz CT molecular complexity index is 1370. The fourth-order valence-corrected chi connectivity index (χ4v) is 5.12. The van der Waals surface area contributed by atoms with Crippen LogP contribution in [0.4, 0.5) is 0 Å². The standard InChI is InChI=1S/C34H56BN9O7/c1-3-4-7-22-9-13-24(14-10-22)25-15-11-23(12-16-25)20-40-26(17-19-37)30(46)42-28(21(2)45)32(48)43-29(38)33(49)41-27(8-5-6-18-36)31(47)44-34(39)35(50)51/h9-16,21,26-29,34,40,45,50-51H,3-8,17-20,36-39H2,1-2H3,(H,41,49)(H,42,46)(H,43,48)(H,44,47)/t21-,26+,27+,28+,29-,34-/m1/s1. The molecule has 0 spiro atoms. The van der Waals surface area contributed by atoms with Crippen molar-refractivity contribution in [3.63, 3.8) is 0 Å². The summed E-state index contributed by atoms with van der Waals surface area (Å²) in [5.74, 6) is -3.31. The minimum atomic E-state index is -2.04. The number of aliphatic hydroxyl groups is 1. The molecule has 0 saturated carbocycles. The van der Waals surface area contributed by atoms with Crippen molar-refractivity contribution in [3.8, 4) is 11.1 Å². The first-order chi connectivity index (χ1) is 24.3. The third kappa shape index (κ3) is 15.1. The second kappa shape index (κ2) is 22.8. The van der Waals surface area contributed by atoms with Crippen LogP contribution in [0, 0.1) is 0 Å². The molecule has 2 rings (SSSR count). The Balaban J connectivity index is 2.01. The first kappa shape index (κ1) is 43.2. The highest BCUT2D eigenvalue weighted by atomic mass is 16.4. The summed E-state index contributed by atoms with van der Waals surface area (Å²) in [6.45, 7) is 4.29. The number of amides is 4. The van der Waals surface area contributed by atoms with Gasteiger partial charge in [-0.3, -0.25) is 19.2 Å². The number of aryl methyl sites for hydroxylation is 1. The molecule has 0 aliphatic rings. The van der Waals surface area contributed by atoms with Crippen LogP contribution in [0.25, 0.3) is 11.1 Å². The molecule has 0 aromatic heterocycles. The molecule has 2 aromatic carbocycles. The fourth-order valence-electron chi connectivity index (χ4n) is 5.12. The maximum absolute atomic E-state index is 13.3. The second-order valence-electron chi connectivity index (χ2n) is 12.5. The molecule has 0 fully saturated rings. The van der Waals surface area contributed by atoms with Gasteiger partial charge in [0.15, 0.2) is 6.17 Å². The Kier molecular flexibility index (Phi) is 19.3. The van der Waals surface area contributed by atoms with E-state index in [4.69, 9.17) is 22.9 Å². The minimum absolute atomic E-state index is 0.114. The van der Waals surface area contributed by atoms with Crippen LogP contribution in [0.3, 0.4) is 0 Å². The van der Waals surface area contributed by atoms with E-state index < -0.39 is 67.2 Å². The number of hydrogen-bond acceptors (Lipinski definition) is 12. The van der Waals surface area contributed by atoms with E-state index in [0.717, 1.165) is 36.0 Å². The summed E-state index contributed by atoms with van der Waals surface area (Å²) < 4.78 is 0. The molecule has 17 heteroatoms. The van der Waals surface area contributed by atoms with Crippen LogP contribution in [0.5, 0.6) is 0 Å². The average molecular weight is 714 g/mol. The van der Waals surface area contributed by atoms with Crippen molar-refractivity contribution < 1.29 is 34.3 Å². The van der Waals surface area contributed by atoms with Crippen LogP contribution in [-0.4, -0.2) is 95.5 Å². The molecule has 16 N–H and O–H groups in total. The summed E-state index contributed by atoms with van der Waals surface area (Å²) in [7, 11) is -2.04. The van der Waals surface area contributed by atoms with Crippen molar-refractivity contribution in [2.75, 3.05) is 13.1 Å².